The van der Waals surface area contributed by atoms with Crippen molar-refractivity contribution in [2.24, 2.45) is 5.92 Å². The molecule has 1 fully saturated rings. The van der Waals surface area contributed by atoms with E-state index in [9.17, 15) is 9.18 Å². The van der Waals surface area contributed by atoms with Gasteiger partial charge in [-0.3, -0.25) is 4.79 Å². The third-order valence-electron chi connectivity index (χ3n) is 3.69. The number of rotatable bonds is 5. The van der Waals surface area contributed by atoms with Crippen LogP contribution in [-0.2, 0) is 9.53 Å². The summed E-state index contributed by atoms with van der Waals surface area (Å²) in [5.74, 6) is -0.0531. The van der Waals surface area contributed by atoms with Crippen LogP contribution in [0.15, 0.2) is 24.3 Å². The predicted octanol–water partition coefficient (Wildman–Crippen LogP) is 2.82. The second kappa shape index (κ2) is 6.66. The molecular weight excluding hydrogens is 245 g/mol. The van der Waals surface area contributed by atoms with Gasteiger partial charge in [0, 0.05) is 19.6 Å². The first-order valence-corrected chi connectivity index (χ1v) is 6.76. The van der Waals surface area contributed by atoms with Crippen molar-refractivity contribution >= 4 is 5.91 Å². The van der Waals surface area contributed by atoms with Gasteiger partial charge in [-0.1, -0.05) is 25.0 Å². The van der Waals surface area contributed by atoms with Gasteiger partial charge in [0.15, 0.2) is 0 Å². The quantitative estimate of drug-likeness (QED) is 0.889. The molecule has 0 aromatic heterocycles. The van der Waals surface area contributed by atoms with Gasteiger partial charge in [-0.25, -0.2) is 4.39 Å². The molecule has 1 amide bonds. The SMILES string of the molecule is CO[C@@H](CNC(=O)C1CCCC1)c1cccc(F)c1. The van der Waals surface area contributed by atoms with Crippen LogP contribution < -0.4 is 5.32 Å². The van der Waals surface area contributed by atoms with E-state index in [0.717, 1.165) is 31.2 Å². The molecule has 0 radical (unpaired) electrons. The Balaban J connectivity index is 1.90. The topological polar surface area (TPSA) is 38.3 Å². The predicted molar refractivity (Wildman–Crippen MR) is 71.1 cm³/mol. The van der Waals surface area contributed by atoms with E-state index in [1.165, 1.54) is 12.1 Å². The Morgan fingerprint density at radius 2 is 2.21 bits per heavy atom. The van der Waals surface area contributed by atoms with E-state index in [2.05, 4.69) is 5.32 Å². The number of benzene rings is 1. The lowest BCUT2D eigenvalue weighted by atomic mass is 10.1. The maximum absolute atomic E-state index is 13.2. The van der Waals surface area contributed by atoms with Crippen LogP contribution in [0.3, 0.4) is 0 Å². The number of hydrogen-bond donors (Lipinski definition) is 1. The number of hydrogen-bond acceptors (Lipinski definition) is 2. The monoisotopic (exact) mass is 265 g/mol. The van der Waals surface area contributed by atoms with Crippen LogP contribution in [0.1, 0.15) is 37.4 Å². The molecule has 0 heterocycles. The van der Waals surface area contributed by atoms with Gasteiger partial charge < -0.3 is 10.1 Å². The van der Waals surface area contributed by atoms with Crippen molar-refractivity contribution in [1.29, 1.82) is 0 Å². The molecule has 19 heavy (non-hydrogen) atoms. The Morgan fingerprint density at radius 1 is 1.47 bits per heavy atom. The normalized spacial score (nSPS) is 17.4. The Bertz CT molecular complexity index is 430. The lowest BCUT2D eigenvalue weighted by Crippen LogP contribution is -2.33. The zero-order valence-electron chi connectivity index (χ0n) is 11.2. The van der Waals surface area contributed by atoms with Crippen molar-refractivity contribution in [1.82, 2.24) is 5.32 Å². The molecule has 1 saturated carbocycles. The number of carbonyl (C=O) groups excluding carboxylic acids is 1. The van der Waals surface area contributed by atoms with E-state index < -0.39 is 0 Å². The van der Waals surface area contributed by atoms with Crippen molar-refractivity contribution in [2.75, 3.05) is 13.7 Å². The van der Waals surface area contributed by atoms with Crippen LogP contribution in [0, 0.1) is 11.7 Å². The molecule has 2 rings (SSSR count). The molecule has 1 aliphatic rings. The molecule has 0 aliphatic heterocycles. The summed E-state index contributed by atoms with van der Waals surface area (Å²) in [6.07, 6.45) is 3.92. The van der Waals surface area contributed by atoms with Gasteiger partial charge in [0.1, 0.15) is 5.82 Å². The summed E-state index contributed by atoms with van der Waals surface area (Å²) in [5, 5.41) is 2.91. The highest BCUT2D eigenvalue weighted by Gasteiger charge is 2.23. The Labute approximate surface area is 113 Å². The van der Waals surface area contributed by atoms with Gasteiger partial charge in [-0.2, -0.15) is 0 Å². The summed E-state index contributed by atoms with van der Waals surface area (Å²) in [6, 6.07) is 6.29. The maximum Gasteiger partial charge on any atom is 0.223 e. The van der Waals surface area contributed by atoms with Crippen LogP contribution in [0.25, 0.3) is 0 Å². The molecule has 0 saturated heterocycles. The summed E-state index contributed by atoms with van der Waals surface area (Å²) in [4.78, 5) is 11.9. The lowest BCUT2D eigenvalue weighted by molar-refractivity contribution is -0.125. The van der Waals surface area contributed by atoms with Crippen molar-refractivity contribution < 1.29 is 13.9 Å². The Kier molecular flexibility index (Phi) is 4.91. The van der Waals surface area contributed by atoms with Gasteiger partial charge >= 0.3 is 0 Å². The van der Waals surface area contributed by atoms with E-state index >= 15 is 0 Å². The smallest absolute Gasteiger partial charge is 0.223 e. The van der Waals surface area contributed by atoms with Crippen LogP contribution in [0.2, 0.25) is 0 Å². The van der Waals surface area contributed by atoms with Crippen molar-refractivity contribution in [3.63, 3.8) is 0 Å². The molecule has 104 valence electrons. The molecule has 0 bridgehead atoms. The molecule has 1 N–H and O–H groups in total. The first kappa shape index (κ1) is 14.0. The summed E-state index contributed by atoms with van der Waals surface area (Å²) in [7, 11) is 1.57. The van der Waals surface area contributed by atoms with Crippen molar-refractivity contribution in [3.05, 3.63) is 35.6 Å². The lowest BCUT2D eigenvalue weighted by Gasteiger charge is -2.18. The molecule has 1 aromatic carbocycles. The zero-order chi connectivity index (χ0) is 13.7. The number of halogens is 1. The average Bonchev–Trinajstić information content (AvgIpc) is 2.93. The Morgan fingerprint density at radius 3 is 2.84 bits per heavy atom. The summed E-state index contributed by atoms with van der Waals surface area (Å²) < 4.78 is 18.5. The fourth-order valence-corrected chi connectivity index (χ4v) is 2.57. The third-order valence-corrected chi connectivity index (χ3v) is 3.69. The second-order valence-corrected chi connectivity index (χ2v) is 5.01. The molecule has 0 unspecified atom stereocenters. The fraction of sp³-hybridized carbons (Fsp3) is 0.533. The molecule has 1 atom stereocenters. The van der Waals surface area contributed by atoms with Gasteiger partial charge in [-0.15, -0.1) is 0 Å². The van der Waals surface area contributed by atoms with Crippen LogP contribution in [-0.4, -0.2) is 19.6 Å². The van der Waals surface area contributed by atoms with E-state index in [1.54, 1.807) is 19.2 Å². The summed E-state index contributed by atoms with van der Waals surface area (Å²) >= 11 is 0. The highest BCUT2D eigenvalue weighted by molar-refractivity contribution is 5.78. The molecule has 0 spiro atoms. The average molecular weight is 265 g/mol. The molecule has 1 aromatic rings. The molecule has 1 aliphatic carbocycles. The van der Waals surface area contributed by atoms with Gasteiger partial charge in [0.2, 0.25) is 5.91 Å². The van der Waals surface area contributed by atoms with Crippen LogP contribution >= 0.6 is 0 Å². The number of carbonyl (C=O) groups is 1. The first-order chi connectivity index (χ1) is 9.20. The summed E-state index contributed by atoms with van der Waals surface area (Å²) in [5.41, 5.74) is 0.745. The number of methoxy groups -OCH3 is 1. The van der Waals surface area contributed by atoms with E-state index in [4.69, 9.17) is 4.74 Å². The largest absolute Gasteiger partial charge is 0.375 e. The fourth-order valence-electron chi connectivity index (χ4n) is 2.57. The van der Waals surface area contributed by atoms with Crippen LogP contribution in [0.4, 0.5) is 4.39 Å². The third kappa shape index (κ3) is 3.77. The molecular formula is C15H20FNO2. The summed E-state index contributed by atoms with van der Waals surface area (Å²) in [6.45, 7) is 0.384. The van der Waals surface area contributed by atoms with E-state index in [0.29, 0.717) is 6.54 Å². The molecule has 3 nitrogen and oxygen atoms in total. The number of nitrogens with one attached hydrogen (secondary N) is 1. The Hall–Kier alpha value is -1.42. The van der Waals surface area contributed by atoms with E-state index in [1.807, 2.05) is 0 Å². The highest BCUT2D eigenvalue weighted by atomic mass is 19.1. The molecule has 4 heteroatoms. The van der Waals surface area contributed by atoms with E-state index in [-0.39, 0.29) is 23.7 Å². The van der Waals surface area contributed by atoms with Gasteiger partial charge in [0.05, 0.1) is 6.10 Å². The highest BCUT2D eigenvalue weighted by Crippen LogP contribution is 2.25. The standard InChI is InChI=1S/C15H20FNO2/c1-19-14(12-7-4-8-13(16)9-12)10-17-15(18)11-5-2-3-6-11/h4,7-9,11,14H,2-3,5-6,10H2,1H3,(H,17,18)/t14-/m0/s1. The minimum atomic E-state index is -0.305. The maximum atomic E-state index is 13.2. The minimum absolute atomic E-state index is 0.0935. The number of amides is 1. The second-order valence-electron chi connectivity index (χ2n) is 5.01. The minimum Gasteiger partial charge on any atom is -0.375 e. The van der Waals surface area contributed by atoms with Crippen LogP contribution in [0.5, 0.6) is 0 Å². The van der Waals surface area contributed by atoms with Crippen molar-refractivity contribution in [2.45, 2.75) is 31.8 Å². The zero-order valence-corrected chi connectivity index (χ0v) is 11.2. The van der Waals surface area contributed by atoms with Gasteiger partial charge in [0.25, 0.3) is 0 Å². The van der Waals surface area contributed by atoms with Crippen molar-refractivity contribution in [3.8, 4) is 0 Å². The number of ether oxygens (including phenoxy) is 1. The first-order valence-electron chi connectivity index (χ1n) is 6.76. The van der Waals surface area contributed by atoms with Gasteiger partial charge in [-0.05, 0) is 30.5 Å².